The van der Waals surface area contributed by atoms with Gasteiger partial charge in [0.25, 0.3) is 5.56 Å². The zero-order valence-electron chi connectivity index (χ0n) is 19.6. The molecule has 2 atom stereocenters. The Morgan fingerprint density at radius 1 is 1.22 bits per heavy atom. The predicted octanol–water partition coefficient (Wildman–Crippen LogP) is 3.57. The van der Waals surface area contributed by atoms with Gasteiger partial charge in [-0.1, -0.05) is 18.5 Å². The molecule has 5 heterocycles. The van der Waals surface area contributed by atoms with Crippen molar-refractivity contribution in [3.63, 3.8) is 0 Å². The van der Waals surface area contributed by atoms with E-state index in [1.54, 1.807) is 36.2 Å². The maximum absolute atomic E-state index is 15.3. The topological polar surface area (TPSA) is 129 Å². The van der Waals surface area contributed by atoms with Crippen LogP contribution in [0.3, 0.4) is 0 Å². The number of nitrogens with zero attached hydrogens (tertiary/aromatic N) is 8. The highest BCUT2D eigenvalue weighted by molar-refractivity contribution is 6.31. The lowest BCUT2D eigenvalue weighted by atomic mass is 10.1. The SMILES string of the molecule is COc1cc(-c2cnc([C@H]3C[C@@H](C)c4nc(-c5c(-n6cnnn6)ccc(Cl)c5F)cc(=O)n43)[nH]2)ccn1. The van der Waals surface area contributed by atoms with Crippen molar-refractivity contribution in [3.05, 3.63) is 81.9 Å². The molecule has 0 bridgehead atoms. The molecule has 1 aliphatic heterocycles. The second-order valence-corrected chi connectivity index (χ2v) is 9.05. The molecule has 1 aliphatic rings. The Morgan fingerprint density at radius 2 is 2.08 bits per heavy atom. The second-order valence-electron chi connectivity index (χ2n) is 8.64. The first-order chi connectivity index (χ1) is 17.9. The van der Waals surface area contributed by atoms with Gasteiger partial charge in [0, 0.05) is 29.8 Å². The van der Waals surface area contributed by atoms with Crippen LogP contribution < -0.4 is 10.3 Å². The number of aromatic amines is 1. The summed E-state index contributed by atoms with van der Waals surface area (Å²) in [5.41, 5.74) is 1.79. The zero-order valence-corrected chi connectivity index (χ0v) is 20.4. The number of hydrogen-bond donors (Lipinski definition) is 1. The summed E-state index contributed by atoms with van der Waals surface area (Å²) in [6.45, 7) is 1.97. The van der Waals surface area contributed by atoms with E-state index >= 15 is 4.39 Å². The number of pyridine rings is 1. The predicted molar refractivity (Wildman–Crippen MR) is 131 cm³/mol. The lowest BCUT2D eigenvalue weighted by Crippen LogP contribution is -2.25. The van der Waals surface area contributed by atoms with Gasteiger partial charge >= 0.3 is 0 Å². The van der Waals surface area contributed by atoms with Crippen LogP contribution in [0.1, 0.15) is 37.0 Å². The lowest BCUT2D eigenvalue weighted by Gasteiger charge is -2.15. The van der Waals surface area contributed by atoms with E-state index in [0.29, 0.717) is 29.6 Å². The fraction of sp³-hybridized carbons (Fsp3) is 0.208. The van der Waals surface area contributed by atoms with Gasteiger partial charge in [0.2, 0.25) is 5.88 Å². The largest absolute Gasteiger partial charge is 0.481 e. The van der Waals surface area contributed by atoms with Gasteiger partial charge in [0.1, 0.15) is 18.0 Å². The van der Waals surface area contributed by atoms with Crippen LogP contribution >= 0.6 is 11.6 Å². The molecule has 0 aliphatic carbocycles. The Labute approximate surface area is 214 Å². The smallest absolute Gasteiger partial charge is 0.254 e. The Kier molecular flexibility index (Phi) is 5.52. The van der Waals surface area contributed by atoms with Crippen LogP contribution in [0.25, 0.3) is 28.2 Å². The molecule has 0 radical (unpaired) electrons. The van der Waals surface area contributed by atoms with Crippen molar-refractivity contribution < 1.29 is 9.13 Å². The van der Waals surface area contributed by atoms with Crippen LogP contribution in [0.15, 0.2) is 53.8 Å². The number of rotatable bonds is 5. The van der Waals surface area contributed by atoms with Crippen LogP contribution in [0.4, 0.5) is 4.39 Å². The molecule has 0 unspecified atom stereocenters. The summed E-state index contributed by atoms with van der Waals surface area (Å²) in [6.07, 6.45) is 5.28. The molecule has 0 saturated heterocycles. The zero-order chi connectivity index (χ0) is 25.7. The summed E-state index contributed by atoms with van der Waals surface area (Å²) in [4.78, 5) is 30.2. The van der Waals surface area contributed by atoms with E-state index in [1.807, 2.05) is 13.0 Å². The summed E-state index contributed by atoms with van der Waals surface area (Å²) >= 11 is 6.09. The van der Waals surface area contributed by atoms with Crippen LogP contribution in [0.2, 0.25) is 5.02 Å². The average molecular weight is 520 g/mol. The van der Waals surface area contributed by atoms with Gasteiger partial charge in [-0.2, -0.15) is 4.68 Å². The van der Waals surface area contributed by atoms with Crippen LogP contribution in [-0.2, 0) is 0 Å². The highest BCUT2D eigenvalue weighted by atomic mass is 35.5. The molecule has 4 aromatic heterocycles. The number of H-pyrrole nitrogens is 1. The Bertz CT molecular complexity index is 1680. The summed E-state index contributed by atoms with van der Waals surface area (Å²) in [7, 11) is 1.55. The van der Waals surface area contributed by atoms with Gasteiger partial charge in [0.15, 0.2) is 5.82 Å². The highest BCUT2D eigenvalue weighted by Crippen LogP contribution is 2.39. The molecule has 5 aromatic rings. The van der Waals surface area contributed by atoms with E-state index in [9.17, 15) is 4.79 Å². The first kappa shape index (κ1) is 23.0. The summed E-state index contributed by atoms with van der Waals surface area (Å²) < 4.78 is 23.4. The molecule has 11 nitrogen and oxygen atoms in total. The van der Waals surface area contributed by atoms with Crippen molar-refractivity contribution in [1.82, 2.24) is 44.7 Å². The molecule has 0 saturated carbocycles. The molecule has 0 fully saturated rings. The third-order valence-electron chi connectivity index (χ3n) is 6.40. The number of imidazole rings is 1. The Morgan fingerprint density at radius 3 is 2.86 bits per heavy atom. The maximum atomic E-state index is 15.3. The fourth-order valence-electron chi connectivity index (χ4n) is 4.67. The van der Waals surface area contributed by atoms with Crippen molar-refractivity contribution >= 4 is 11.6 Å². The molecule has 13 heteroatoms. The number of halogens is 2. The molecule has 186 valence electrons. The number of ether oxygens (including phenoxy) is 1. The number of aromatic nitrogens is 9. The summed E-state index contributed by atoms with van der Waals surface area (Å²) in [5, 5.41) is 11.0. The summed E-state index contributed by atoms with van der Waals surface area (Å²) in [5.74, 6) is 0.827. The van der Waals surface area contributed by atoms with Crippen molar-refractivity contribution in [1.29, 1.82) is 0 Å². The quantitative estimate of drug-likeness (QED) is 0.373. The molecule has 1 N–H and O–H groups in total. The molecule has 0 spiro atoms. The number of fused-ring (bicyclic) bond motifs is 1. The van der Waals surface area contributed by atoms with E-state index in [4.69, 9.17) is 21.3 Å². The number of hydrogen-bond acceptors (Lipinski definition) is 8. The van der Waals surface area contributed by atoms with Gasteiger partial charge in [0.05, 0.1) is 47.0 Å². The van der Waals surface area contributed by atoms with E-state index in [-0.39, 0.29) is 33.8 Å². The van der Waals surface area contributed by atoms with Gasteiger partial charge in [-0.05, 0) is 35.0 Å². The third-order valence-corrected chi connectivity index (χ3v) is 6.69. The highest BCUT2D eigenvalue weighted by Gasteiger charge is 2.34. The monoisotopic (exact) mass is 519 g/mol. The Balaban J connectivity index is 1.43. The van der Waals surface area contributed by atoms with E-state index < -0.39 is 5.82 Å². The van der Waals surface area contributed by atoms with Gasteiger partial charge < -0.3 is 9.72 Å². The van der Waals surface area contributed by atoms with Gasteiger partial charge in [-0.15, -0.1) is 5.10 Å². The molecule has 0 amide bonds. The van der Waals surface area contributed by atoms with E-state index in [0.717, 1.165) is 11.3 Å². The van der Waals surface area contributed by atoms with Crippen molar-refractivity contribution in [2.75, 3.05) is 7.11 Å². The molecular weight excluding hydrogens is 501 g/mol. The third kappa shape index (κ3) is 3.85. The van der Waals surface area contributed by atoms with Crippen LogP contribution in [0, 0.1) is 5.82 Å². The first-order valence-corrected chi connectivity index (χ1v) is 11.7. The van der Waals surface area contributed by atoms with Crippen molar-refractivity contribution in [2.45, 2.75) is 25.3 Å². The Hall–Kier alpha value is -4.45. The number of tetrazole rings is 1. The van der Waals surface area contributed by atoms with Gasteiger partial charge in [-0.3, -0.25) is 9.36 Å². The molecule has 37 heavy (non-hydrogen) atoms. The standard InChI is InChI=1S/C24H19ClFN9O2/c1-12-7-18(23-28-10-16(30-23)13-5-6-27-19(8-13)37-2)35-20(36)9-15(31-24(12)35)21-17(34-11-29-32-33-34)4-3-14(25)22(21)26/h3-6,8-12,18H,7H2,1-2H3,(H,28,30)/t12-,18-/m1/s1. The number of methoxy groups -OCH3 is 1. The summed E-state index contributed by atoms with van der Waals surface area (Å²) in [6, 6.07) is 7.56. The van der Waals surface area contributed by atoms with Crippen LogP contribution in [-0.4, -0.2) is 51.8 Å². The molecular formula is C24H19ClFN9O2. The number of benzene rings is 1. The maximum Gasteiger partial charge on any atom is 0.254 e. The van der Waals surface area contributed by atoms with E-state index in [2.05, 4.69) is 30.5 Å². The minimum absolute atomic E-state index is 0.0443. The lowest BCUT2D eigenvalue weighted by molar-refractivity contribution is 0.398. The van der Waals surface area contributed by atoms with E-state index in [1.165, 1.54) is 23.1 Å². The average Bonchev–Trinajstić information content (AvgIpc) is 3.66. The first-order valence-electron chi connectivity index (χ1n) is 11.3. The fourth-order valence-corrected chi connectivity index (χ4v) is 4.82. The van der Waals surface area contributed by atoms with Crippen molar-refractivity contribution in [2.24, 2.45) is 0 Å². The minimum atomic E-state index is -0.711. The minimum Gasteiger partial charge on any atom is -0.481 e. The van der Waals surface area contributed by atoms with Crippen molar-refractivity contribution in [3.8, 4) is 34.1 Å². The van der Waals surface area contributed by atoms with Gasteiger partial charge in [-0.25, -0.2) is 19.3 Å². The molecule has 6 rings (SSSR count). The normalized spacial score (nSPS) is 16.6. The second kappa shape index (κ2) is 8.89. The van der Waals surface area contributed by atoms with Crippen LogP contribution in [0.5, 0.6) is 5.88 Å². The number of nitrogens with one attached hydrogen (secondary N) is 1. The molecule has 1 aromatic carbocycles.